The average Bonchev–Trinajstić information content (AvgIpc) is 3.49. The summed E-state index contributed by atoms with van der Waals surface area (Å²) in [5, 5.41) is 24.2. The van der Waals surface area contributed by atoms with Crippen molar-refractivity contribution in [3.8, 4) is 17.5 Å². The van der Waals surface area contributed by atoms with E-state index in [1.807, 2.05) is 31.2 Å². The molecule has 0 saturated heterocycles. The normalized spacial score (nSPS) is 15.1. The van der Waals surface area contributed by atoms with Crippen molar-refractivity contribution in [1.29, 1.82) is 5.26 Å². The number of nitriles is 1. The van der Waals surface area contributed by atoms with Gasteiger partial charge in [-0.1, -0.05) is 48.3 Å². The van der Waals surface area contributed by atoms with Gasteiger partial charge in [-0.05, 0) is 43.3 Å². The third-order valence-electron chi connectivity index (χ3n) is 5.14. The van der Waals surface area contributed by atoms with Crippen LogP contribution in [0.25, 0.3) is 11.4 Å². The van der Waals surface area contributed by atoms with E-state index in [1.165, 1.54) is 35.9 Å². The Labute approximate surface area is 188 Å². The highest BCUT2D eigenvalue weighted by Gasteiger charge is 2.28. The van der Waals surface area contributed by atoms with E-state index in [9.17, 15) is 4.79 Å². The summed E-state index contributed by atoms with van der Waals surface area (Å²) in [6.07, 6.45) is 4.45. The number of amides is 1. The number of thioether (sulfide) groups is 1. The third-order valence-corrected chi connectivity index (χ3v) is 7.36. The van der Waals surface area contributed by atoms with E-state index in [-0.39, 0.29) is 5.91 Å². The van der Waals surface area contributed by atoms with Crippen LogP contribution in [0.3, 0.4) is 0 Å². The molecule has 1 N–H and O–H groups in total. The number of hydrogen-bond donors (Lipinski definition) is 1. The fourth-order valence-corrected chi connectivity index (χ4v) is 5.47. The highest BCUT2D eigenvalue weighted by atomic mass is 35.5. The van der Waals surface area contributed by atoms with Gasteiger partial charge in [-0.2, -0.15) is 5.26 Å². The first-order valence-electron chi connectivity index (χ1n) is 9.73. The molecule has 4 rings (SSSR count). The molecule has 1 aromatic carbocycles. The van der Waals surface area contributed by atoms with Gasteiger partial charge in [0.15, 0.2) is 11.0 Å². The highest BCUT2D eigenvalue weighted by molar-refractivity contribution is 8.00. The molecule has 2 aromatic heterocycles. The average molecular weight is 458 g/mol. The number of aromatic nitrogens is 3. The number of carbonyl (C=O) groups is 1. The van der Waals surface area contributed by atoms with Crippen molar-refractivity contribution in [2.75, 3.05) is 5.32 Å². The zero-order valence-electron chi connectivity index (χ0n) is 16.3. The number of nitrogens with zero attached hydrogens (tertiary/aromatic N) is 4. The maximum absolute atomic E-state index is 12.7. The van der Waals surface area contributed by atoms with Crippen molar-refractivity contribution in [2.24, 2.45) is 0 Å². The zero-order valence-corrected chi connectivity index (χ0v) is 18.7. The Balaban J connectivity index is 1.60. The van der Waals surface area contributed by atoms with Crippen LogP contribution in [0.1, 0.15) is 44.2 Å². The molecule has 30 heavy (non-hydrogen) atoms. The summed E-state index contributed by atoms with van der Waals surface area (Å²) in [6.45, 7) is 1.84. The van der Waals surface area contributed by atoms with Gasteiger partial charge in [0.25, 0.3) is 0 Å². The Bertz CT molecular complexity index is 1100. The first-order chi connectivity index (χ1) is 14.6. The molecular formula is C21H20ClN5OS2. The van der Waals surface area contributed by atoms with E-state index in [0.717, 1.165) is 24.2 Å². The van der Waals surface area contributed by atoms with Gasteiger partial charge >= 0.3 is 0 Å². The minimum Gasteiger partial charge on any atom is -0.316 e. The second kappa shape index (κ2) is 9.21. The van der Waals surface area contributed by atoms with Crippen molar-refractivity contribution in [2.45, 2.75) is 49.1 Å². The summed E-state index contributed by atoms with van der Waals surface area (Å²) >= 11 is 9.15. The summed E-state index contributed by atoms with van der Waals surface area (Å²) in [6, 6.07) is 11.7. The minimum absolute atomic E-state index is 0.167. The van der Waals surface area contributed by atoms with E-state index in [2.05, 4.69) is 26.2 Å². The van der Waals surface area contributed by atoms with Gasteiger partial charge in [-0.3, -0.25) is 9.36 Å². The van der Waals surface area contributed by atoms with Crippen LogP contribution in [0.2, 0.25) is 5.02 Å². The quantitative estimate of drug-likeness (QED) is 0.475. The molecule has 1 amide bonds. The predicted octanol–water partition coefficient (Wildman–Crippen LogP) is 5.77. The van der Waals surface area contributed by atoms with Crippen LogP contribution in [0.15, 0.2) is 40.9 Å². The molecule has 6 nitrogen and oxygen atoms in total. The van der Waals surface area contributed by atoms with Gasteiger partial charge < -0.3 is 5.32 Å². The van der Waals surface area contributed by atoms with Crippen LogP contribution >= 0.6 is 34.7 Å². The van der Waals surface area contributed by atoms with Crippen LogP contribution < -0.4 is 5.32 Å². The third kappa shape index (κ3) is 4.24. The topological polar surface area (TPSA) is 83.6 Å². The molecule has 1 atom stereocenters. The molecule has 1 aliphatic rings. The number of halogens is 1. The largest absolute Gasteiger partial charge is 0.316 e. The van der Waals surface area contributed by atoms with Crippen LogP contribution in [-0.2, 0) is 4.79 Å². The van der Waals surface area contributed by atoms with Gasteiger partial charge in [0.2, 0.25) is 5.91 Å². The van der Waals surface area contributed by atoms with Crippen molar-refractivity contribution in [1.82, 2.24) is 14.8 Å². The fourth-order valence-electron chi connectivity index (χ4n) is 3.59. The van der Waals surface area contributed by atoms with Crippen molar-refractivity contribution in [3.05, 3.63) is 46.3 Å². The molecule has 1 aliphatic carbocycles. The maximum atomic E-state index is 12.7. The van der Waals surface area contributed by atoms with Crippen LogP contribution in [-0.4, -0.2) is 25.9 Å². The number of rotatable bonds is 6. The number of thiophene rings is 1. The smallest absolute Gasteiger partial charge is 0.238 e. The summed E-state index contributed by atoms with van der Waals surface area (Å²) in [5.74, 6) is 0.576. The van der Waals surface area contributed by atoms with Gasteiger partial charge in [0.1, 0.15) is 11.1 Å². The molecule has 154 valence electrons. The molecule has 1 saturated carbocycles. The van der Waals surface area contributed by atoms with Crippen molar-refractivity contribution < 1.29 is 4.79 Å². The Morgan fingerprint density at radius 1 is 1.33 bits per heavy atom. The standard InChI is InChI=1S/C21H20ClN5OS2/c1-13(19(28)24-20-14(12-23)10-11-29-20)30-21-26-25-18(16-8-4-5-9-17(16)22)27(21)15-6-2-3-7-15/h4-5,8-11,13,15H,2-3,6-7H2,1H3,(H,24,28)/t13-/m1/s1. The van der Waals surface area contributed by atoms with Crippen LogP contribution in [0.4, 0.5) is 5.00 Å². The summed E-state index contributed by atoms with van der Waals surface area (Å²) < 4.78 is 2.15. The monoisotopic (exact) mass is 457 g/mol. The van der Waals surface area contributed by atoms with Crippen molar-refractivity contribution in [3.63, 3.8) is 0 Å². The Morgan fingerprint density at radius 3 is 2.83 bits per heavy atom. The van der Waals surface area contributed by atoms with E-state index in [4.69, 9.17) is 16.9 Å². The van der Waals surface area contributed by atoms with Gasteiger partial charge in [-0.25, -0.2) is 0 Å². The highest BCUT2D eigenvalue weighted by Crippen LogP contribution is 2.39. The minimum atomic E-state index is -0.401. The van der Waals surface area contributed by atoms with Gasteiger partial charge in [0.05, 0.1) is 15.8 Å². The number of nitrogens with one attached hydrogen (secondary N) is 1. The molecule has 3 aromatic rings. The number of hydrogen-bond acceptors (Lipinski definition) is 6. The lowest BCUT2D eigenvalue weighted by molar-refractivity contribution is -0.115. The number of benzene rings is 1. The van der Waals surface area contributed by atoms with Gasteiger partial charge in [-0.15, -0.1) is 21.5 Å². The Hall–Kier alpha value is -2.34. The first kappa shape index (κ1) is 20.9. The molecule has 1 fully saturated rings. The summed E-state index contributed by atoms with van der Waals surface area (Å²) in [4.78, 5) is 12.7. The lowest BCUT2D eigenvalue weighted by atomic mass is 10.2. The van der Waals surface area contributed by atoms with E-state index in [0.29, 0.717) is 26.8 Å². The molecular weight excluding hydrogens is 438 g/mol. The predicted molar refractivity (Wildman–Crippen MR) is 121 cm³/mol. The summed E-state index contributed by atoms with van der Waals surface area (Å²) in [5.41, 5.74) is 1.32. The molecule has 0 unspecified atom stereocenters. The second-order valence-corrected chi connectivity index (χ2v) is 9.75. The fraction of sp³-hybridized carbons (Fsp3) is 0.333. The summed E-state index contributed by atoms with van der Waals surface area (Å²) in [7, 11) is 0. The van der Waals surface area contributed by atoms with E-state index < -0.39 is 5.25 Å². The van der Waals surface area contributed by atoms with Gasteiger partial charge in [0, 0.05) is 11.6 Å². The van der Waals surface area contributed by atoms with Crippen molar-refractivity contribution >= 4 is 45.6 Å². The second-order valence-electron chi connectivity index (χ2n) is 7.12. The lowest BCUT2D eigenvalue weighted by Gasteiger charge is -2.18. The Kier molecular flexibility index (Phi) is 6.42. The number of anilines is 1. The Morgan fingerprint density at radius 2 is 2.10 bits per heavy atom. The molecule has 0 bridgehead atoms. The maximum Gasteiger partial charge on any atom is 0.238 e. The van der Waals surface area contributed by atoms with E-state index in [1.54, 1.807) is 11.4 Å². The first-order valence-corrected chi connectivity index (χ1v) is 11.9. The van der Waals surface area contributed by atoms with Crippen LogP contribution in [0.5, 0.6) is 0 Å². The molecule has 2 heterocycles. The lowest BCUT2D eigenvalue weighted by Crippen LogP contribution is -2.23. The number of carbonyl (C=O) groups excluding carboxylic acids is 1. The zero-order chi connectivity index (χ0) is 21.1. The molecule has 0 radical (unpaired) electrons. The molecule has 9 heteroatoms. The molecule has 0 aliphatic heterocycles. The van der Waals surface area contributed by atoms with Crippen LogP contribution in [0, 0.1) is 11.3 Å². The SMILES string of the molecule is C[C@@H](Sc1nnc(-c2ccccc2Cl)n1C1CCCC1)C(=O)Nc1sccc1C#N. The molecule has 0 spiro atoms. The van der Waals surface area contributed by atoms with E-state index >= 15 is 0 Å².